The molecule has 8 rings (SSSR count). The molecule has 16 nitrogen and oxygen atoms in total. The van der Waals surface area contributed by atoms with Crippen LogP contribution in [0.2, 0.25) is 22.2 Å². The second-order valence-corrected chi connectivity index (χ2v) is 27.4. The van der Waals surface area contributed by atoms with Crippen molar-refractivity contribution in [3.05, 3.63) is 108 Å². The lowest BCUT2D eigenvalue weighted by Gasteiger charge is -2.51. The van der Waals surface area contributed by atoms with Gasteiger partial charge in [-0.15, -0.1) is 0 Å². The number of carbonyl (C=O) groups is 2. The van der Waals surface area contributed by atoms with E-state index in [-0.39, 0.29) is 86.2 Å². The first-order valence-corrected chi connectivity index (χ1v) is 27.4. The van der Waals surface area contributed by atoms with Gasteiger partial charge in [-0.05, 0) is 56.6 Å². The summed E-state index contributed by atoms with van der Waals surface area (Å²) in [7, 11) is -5.95. The maximum atomic E-state index is 13.2. The van der Waals surface area contributed by atoms with Crippen LogP contribution in [-0.2, 0) is 36.7 Å². The number of aromatic nitrogens is 4. The molecule has 2 aliphatic heterocycles. The minimum absolute atomic E-state index is 0.0162. The summed E-state index contributed by atoms with van der Waals surface area (Å²) in [5.74, 6) is -0.0748. The van der Waals surface area contributed by atoms with Gasteiger partial charge in [-0.3, -0.25) is 9.36 Å². The van der Waals surface area contributed by atoms with Gasteiger partial charge in [0.25, 0.3) is 5.91 Å². The zero-order valence-electron chi connectivity index (χ0n) is 39.7. The van der Waals surface area contributed by atoms with Crippen molar-refractivity contribution in [1.82, 2.24) is 24.8 Å². The van der Waals surface area contributed by atoms with Crippen LogP contribution in [0.25, 0.3) is 22.3 Å². The number of anilines is 1. The zero-order chi connectivity index (χ0) is 47.3. The summed E-state index contributed by atoms with van der Waals surface area (Å²) in [5, 5.41) is 5.68. The smallest absolute Gasteiger partial charge is 0.407 e. The molecule has 0 bridgehead atoms. The van der Waals surface area contributed by atoms with Gasteiger partial charge in [0.15, 0.2) is 23.2 Å². The van der Waals surface area contributed by atoms with Crippen molar-refractivity contribution in [3.8, 4) is 11.1 Å². The molecule has 67 heavy (non-hydrogen) atoms. The van der Waals surface area contributed by atoms with E-state index in [0.29, 0.717) is 16.7 Å². The molecule has 0 saturated carbocycles. The van der Waals surface area contributed by atoms with E-state index >= 15 is 0 Å². The summed E-state index contributed by atoms with van der Waals surface area (Å²) < 4.78 is 54.8. The van der Waals surface area contributed by atoms with Crippen LogP contribution >= 0.6 is 0 Å². The summed E-state index contributed by atoms with van der Waals surface area (Å²) in [6, 6.07) is 25.4. The summed E-state index contributed by atoms with van der Waals surface area (Å²) in [6.45, 7) is 18.8. The third kappa shape index (κ3) is 10.00. The predicted octanol–water partition coefficient (Wildman–Crippen LogP) is 8.85. The van der Waals surface area contributed by atoms with Crippen molar-refractivity contribution in [2.75, 3.05) is 51.7 Å². The van der Waals surface area contributed by atoms with E-state index in [1.54, 1.807) is 35.2 Å². The molecule has 4 heterocycles. The van der Waals surface area contributed by atoms with Crippen LogP contribution in [0.4, 0.5) is 10.6 Å². The molecule has 2 N–H and O–H groups in total. The van der Waals surface area contributed by atoms with Crippen LogP contribution in [0.5, 0.6) is 0 Å². The van der Waals surface area contributed by atoms with Crippen molar-refractivity contribution >= 4 is 46.1 Å². The van der Waals surface area contributed by atoms with Gasteiger partial charge in [0.05, 0.1) is 32.8 Å². The summed E-state index contributed by atoms with van der Waals surface area (Å²) in [6.07, 6.45) is -0.117. The molecule has 2 saturated heterocycles. The van der Waals surface area contributed by atoms with Crippen molar-refractivity contribution < 1.29 is 46.2 Å². The molecule has 1 aliphatic carbocycles. The van der Waals surface area contributed by atoms with Crippen molar-refractivity contribution in [3.63, 3.8) is 0 Å². The van der Waals surface area contributed by atoms with Gasteiger partial charge in [-0.1, -0.05) is 122 Å². The first-order valence-electron chi connectivity index (χ1n) is 23.4. The molecule has 4 atom stereocenters. The summed E-state index contributed by atoms with van der Waals surface area (Å²) >= 11 is 0. The third-order valence-corrected chi connectivity index (χ3v) is 23.3. The van der Waals surface area contributed by atoms with Crippen molar-refractivity contribution in [1.29, 1.82) is 0 Å². The standard InChI is InChI=1S/C49H64N6O10Si2/c1-31(2)66(32(3)4)62-27-41-43(64-67(65-66,33(5)6)34(7)8)44(48(63-41)55-29-53-42-45(51-28-52-46(42)55)54-47(56)35-16-10-9-11-17-35)61-30-59-25-24-58-23-22-50-49(57)60-26-40-38-20-14-12-18-36(38)37-19-13-15-21-39(37)40/h9-21,28-29,31-34,40-41,43-44,48H,22-27,30H2,1-8H3,(H,50,57)(H,51,52,54,56)/t41-,43?,44+,48-/m1/s1. The van der Waals surface area contributed by atoms with E-state index in [2.05, 4.69) is 105 Å². The molecule has 2 aromatic heterocycles. The van der Waals surface area contributed by atoms with Gasteiger partial charge < -0.3 is 47.3 Å². The van der Waals surface area contributed by atoms with E-state index in [1.807, 2.05) is 30.3 Å². The van der Waals surface area contributed by atoms with E-state index in [4.69, 9.17) is 36.7 Å². The Hall–Kier alpha value is -4.90. The lowest BCUT2D eigenvalue weighted by atomic mass is 9.98. The highest BCUT2D eigenvalue weighted by atomic mass is 28.5. The third-order valence-electron chi connectivity index (χ3n) is 13.1. The quantitative estimate of drug-likeness (QED) is 0.0485. The molecule has 2 amide bonds. The fourth-order valence-corrected chi connectivity index (χ4v) is 20.9. The number of ether oxygens (including phenoxy) is 5. The summed E-state index contributed by atoms with van der Waals surface area (Å²) in [5.41, 5.74) is 6.43. The Kier molecular flexibility index (Phi) is 15.3. The number of alkyl carbamates (subject to hydrolysis) is 1. The first-order chi connectivity index (χ1) is 32.3. The molecular formula is C49H64N6O10Si2. The number of rotatable bonds is 18. The highest BCUT2D eigenvalue weighted by molar-refractivity contribution is 6.84. The minimum Gasteiger partial charge on any atom is -0.449 e. The molecular weight excluding hydrogens is 889 g/mol. The number of imidazole rings is 1. The second-order valence-electron chi connectivity index (χ2n) is 18.5. The Labute approximate surface area is 394 Å². The average molecular weight is 953 g/mol. The van der Waals surface area contributed by atoms with E-state index in [9.17, 15) is 9.59 Å². The number of carbonyl (C=O) groups excluding carboxylic acids is 2. The molecule has 1 unspecified atom stereocenters. The number of amides is 2. The lowest BCUT2D eigenvalue weighted by molar-refractivity contribution is -0.142. The predicted molar refractivity (Wildman–Crippen MR) is 257 cm³/mol. The van der Waals surface area contributed by atoms with Gasteiger partial charge in [0.1, 0.15) is 38.0 Å². The number of nitrogens with zero attached hydrogens (tertiary/aromatic N) is 4. The normalized spacial score (nSPS) is 21.0. The number of benzene rings is 3. The van der Waals surface area contributed by atoms with E-state index in [0.717, 1.165) is 11.1 Å². The first kappa shape index (κ1) is 48.6. The van der Waals surface area contributed by atoms with Gasteiger partial charge in [0.2, 0.25) is 0 Å². The van der Waals surface area contributed by atoms with Crippen LogP contribution in [0.15, 0.2) is 91.5 Å². The Morgan fingerprint density at radius 1 is 0.776 bits per heavy atom. The van der Waals surface area contributed by atoms with Gasteiger partial charge in [-0.2, -0.15) is 0 Å². The number of fused-ring (bicyclic) bond motifs is 5. The molecule has 3 aliphatic rings. The van der Waals surface area contributed by atoms with Gasteiger partial charge in [-0.25, -0.2) is 19.7 Å². The molecule has 5 aromatic rings. The van der Waals surface area contributed by atoms with Crippen LogP contribution in [0, 0.1) is 0 Å². The number of hydrogen-bond donors (Lipinski definition) is 2. The van der Waals surface area contributed by atoms with Gasteiger partial charge in [0, 0.05) is 18.0 Å². The Balaban J connectivity index is 0.919. The summed E-state index contributed by atoms with van der Waals surface area (Å²) in [4.78, 5) is 39.5. The number of nitrogens with one attached hydrogen (secondary N) is 2. The fourth-order valence-electron chi connectivity index (χ4n) is 9.70. The topological polar surface area (TPSA) is 176 Å². The number of hydrogen-bond acceptors (Lipinski definition) is 13. The van der Waals surface area contributed by atoms with Crippen LogP contribution in [-0.4, -0.2) is 113 Å². The SMILES string of the molecule is CC(C)[Si]1(C(C)C)OC[C@H]2O[C@@H](n3cnc4c(NC(=O)c5ccccc5)ncnc43)[C@@H](OCOCCOCCNC(=O)OCC3c4ccccc4-c4ccccc43)C2O[Si](C(C)C)(C(C)C)O1. The second kappa shape index (κ2) is 21.2. The fraction of sp³-hybridized carbons (Fsp3) is 0.490. The molecule has 2 fully saturated rings. The largest absolute Gasteiger partial charge is 0.449 e. The average Bonchev–Trinajstić information content (AvgIpc) is 3.99. The van der Waals surface area contributed by atoms with Crippen molar-refractivity contribution in [2.24, 2.45) is 0 Å². The van der Waals surface area contributed by atoms with Crippen LogP contribution in [0.1, 0.15) is 89.0 Å². The van der Waals surface area contributed by atoms with E-state index < -0.39 is 47.8 Å². The van der Waals surface area contributed by atoms with Crippen LogP contribution in [0.3, 0.4) is 0 Å². The van der Waals surface area contributed by atoms with Crippen molar-refractivity contribution in [2.45, 2.75) is 108 Å². The molecule has 3 aromatic carbocycles. The zero-order valence-corrected chi connectivity index (χ0v) is 41.7. The van der Waals surface area contributed by atoms with Crippen LogP contribution < -0.4 is 10.6 Å². The molecule has 0 spiro atoms. The maximum absolute atomic E-state index is 13.2. The highest BCUT2D eigenvalue weighted by Gasteiger charge is 2.62. The Morgan fingerprint density at radius 2 is 1.42 bits per heavy atom. The van der Waals surface area contributed by atoms with E-state index in [1.165, 1.54) is 17.5 Å². The molecule has 18 heteroatoms. The lowest BCUT2D eigenvalue weighted by Crippen LogP contribution is -2.66. The molecule has 0 radical (unpaired) electrons. The Morgan fingerprint density at radius 3 is 2.09 bits per heavy atom. The van der Waals surface area contributed by atoms with Gasteiger partial charge >= 0.3 is 23.2 Å². The highest BCUT2D eigenvalue weighted by Crippen LogP contribution is 2.49. The molecule has 358 valence electrons. The Bertz CT molecular complexity index is 2410. The monoisotopic (exact) mass is 952 g/mol. The minimum atomic E-state index is -3.08. The maximum Gasteiger partial charge on any atom is 0.407 e.